The highest BCUT2D eigenvalue weighted by Crippen LogP contribution is 2.28. The summed E-state index contributed by atoms with van der Waals surface area (Å²) in [7, 11) is 0. The Balaban J connectivity index is 1.93. The molecule has 0 aliphatic carbocycles. The van der Waals surface area contributed by atoms with E-state index in [9.17, 15) is 9.90 Å². The van der Waals surface area contributed by atoms with Crippen molar-refractivity contribution in [1.29, 1.82) is 0 Å². The van der Waals surface area contributed by atoms with E-state index in [0.717, 1.165) is 4.47 Å². The van der Waals surface area contributed by atoms with Crippen LogP contribution in [0.25, 0.3) is 22.2 Å². The smallest absolute Gasteiger partial charge is 0.257 e. The number of amides is 1. The van der Waals surface area contributed by atoms with Gasteiger partial charge in [-0.15, -0.1) is 6.58 Å². The Morgan fingerprint density at radius 3 is 2.73 bits per heavy atom. The van der Waals surface area contributed by atoms with Crippen molar-refractivity contribution in [3.8, 4) is 5.75 Å². The molecule has 0 radical (unpaired) electrons. The number of carbonyl (C=O) groups excluding carboxylic acids is 1. The first-order chi connectivity index (χ1) is 14.5. The SMILES string of the molecule is C=CCNC(=O)c1c(N)n(N=Cc2cc(Br)ccc2O)c2nc3ccccc3nc12. The molecule has 8 nitrogen and oxygen atoms in total. The molecule has 0 saturated carbocycles. The van der Waals surface area contributed by atoms with E-state index in [2.05, 4.69) is 42.9 Å². The summed E-state index contributed by atoms with van der Waals surface area (Å²) in [5.74, 6) is -0.258. The molecule has 2 aromatic heterocycles. The van der Waals surface area contributed by atoms with Crippen LogP contribution in [-0.4, -0.2) is 38.4 Å². The van der Waals surface area contributed by atoms with Crippen molar-refractivity contribution in [2.24, 2.45) is 5.10 Å². The number of phenolic OH excluding ortho intramolecular Hbond substituents is 1. The molecule has 30 heavy (non-hydrogen) atoms. The van der Waals surface area contributed by atoms with E-state index in [0.29, 0.717) is 27.8 Å². The molecule has 0 aliphatic rings. The maximum Gasteiger partial charge on any atom is 0.257 e. The number of hydrogen-bond acceptors (Lipinski definition) is 6. The molecular weight excluding hydrogens is 448 g/mol. The maximum absolute atomic E-state index is 12.7. The van der Waals surface area contributed by atoms with Crippen LogP contribution in [-0.2, 0) is 0 Å². The number of fused-ring (bicyclic) bond motifs is 2. The highest BCUT2D eigenvalue weighted by atomic mass is 79.9. The number of aromatic nitrogens is 3. The van der Waals surface area contributed by atoms with Gasteiger partial charge in [0.05, 0.1) is 17.2 Å². The van der Waals surface area contributed by atoms with Crippen LogP contribution in [0.1, 0.15) is 15.9 Å². The van der Waals surface area contributed by atoms with Crippen molar-refractivity contribution in [1.82, 2.24) is 20.0 Å². The number of nitrogens with zero attached hydrogens (tertiary/aromatic N) is 4. The van der Waals surface area contributed by atoms with Crippen LogP contribution in [0.2, 0.25) is 0 Å². The predicted molar refractivity (Wildman–Crippen MR) is 121 cm³/mol. The molecule has 0 aliphatic heterocycles. The first-order valence-electron chi connectivity index (χ1n) is 8.98. The summed E-state index contributed by atoms with van der Waals surface area (Å²) in [6.45, 7) is 3.88. The summed E-state index contributed by atoms with van der Waals surface area (Å²) in [5.41, 5.74) is 8.89. The lowest BCUT2D eigenvalue weighted by molar-refractivity contribution is 0.0960. The Hall–Kier alpha value is -3.72. The zero-order valence-electron chi connectivity index (χ0n) is 15.7. The first-order valence-corrected chi connectivity index (χ1v) is 9.77. The Bertz CT molecular complexity index is 1330. The van der Waals surface area contributed by atoms with E-state index in [4.69, 9.17) is 5.73 Å². The van der Waals surface area contributed by atoms with Crippen LogP contribution in [0.4, 0.5) is 5.82 Å². The van der Waals surface area contributed by atoms with Crippen LogP contribution >= 0.6 is 15.9 Å². The average Bonchev–Trinajstić information content (AvgIpc) is 3.01. The summed E-state index contributed by atoms with van der Waals surface area (Å²) in [6, 6.07) is 12.3. The van der Waals surface area contributed by atoms with Gasteiger partial charge in [-0.1, -0.05) is 34.1 Å². The van der Waals surface area contributed by atoms with Crippen molar-refractivity contribution in [3.63, 3.8) is 0 Å². The standard InChI is InChI=1S/C21H17BrN6O2/c1-2-9-24-21(30)17-18-20(27-15-6-4-3-5-14(15)26-18)28(19(17)23)25-11-12-10-13(22)7-8-16(12)29/h2-8,10-11,29H,1,9,23H2,(H,24,30). The van der Waals surface area contributed by atoms with Gasteiger partial charge in [0.15, 0.2) is 5.65 Å². The topological polar surface area (TPSA) is 118 Å². The zero-order chi connectivity index (χ0) is 21.3. The lowest BCUT2D eigenvalue weighted by Gasteiger charge is -2.03. The molecule has 9 heteroatoms. The van der Waals surface area contributed by atoms with Crippen molar-refractivity contribution in [2.45, 2.75) is 0 Å². The number of anilines is 1. The fourth-order valence-electron chi connectivity index (χ4n) is 2.99. The van der Waals surface area contributed by atoms with Crippen LogP contribution in [0.3, 0.4) is 0 Å². The Kier molecular flexibility index (Phi) is 5.20. The van der Waals surface area contributed by atoms with Gasteiger partial charge < -0.3 is 16.2 Å². The summed E-state index contributed by atoms with van der Waals surface area (Å²) >= 11 is 3.36. The number of hydrogen-bond donors (Lipinski definition) is 3. The number of para-hydroxylation sites is 2. The Labute approximate surface area is 179 Å². The Morgan fingerprint density at radius 2 is 2.00 bits per heavy atom. The number of phenols is 1. The molecule has 4 aromatic rings. The summed E-state index contributed by atoms with van der Waals surface area (Å²) in [5, 5.41) is 17.2. The molecule has 2 heterocycles. The van der Waals surface area contributed by atoms with Crippen LogP contribution in [0.5, 0.6) is 5.75 Å². The molecule has 4 rings (SSSR count). The van der Waals surface area contributed by atoms with E-state index in [1.807, 2.05) is 24.3 Å². The lowest BCUT2D eigenvalue weighted by Crippen LogP contribution is -2.24. The highest BCUT2D eigenvalue weighted by molar-refractivity contribution is 9.10. The van der Waals surface area contributed by atoms with Crippen molar-refractivity contribution in [2.75, 3.05) is 12.3 Å². The second-order valence-corrected chi connectivity index (χ2v) is 7.32. The normalized spacial score (nSPS) is 11.4. The number of halogens is 1. The molecular formula is C21H17BrN6O2. The third-order valence-corrected chi connectivity index (χ3v) is 4.90. The van der Waals surface area contributed by atoms with E-state index >= 15 is 0 Å². The van der Waals surface area contributed by atoms with Gasteiger partial charge in [-0.3, -0.25) is 4.79 Å². The van der Waals surface area contributed by atoms with Gasteiger partial charge in [0.1, 0.15) is 22.6 Å². The van der Waals surface area contributed by atoms with Gasteiger partial charge in [0, 0.05) is 16.6 Å². The minimum Gasteiger partial charge on any atom is -0.507 e. The molecule has 0 unspecified atom stereocenters. The molecule has 2 aromatic carbocycles. The Morgan fingerprint density at radius 1 is 1.27 bits per heavy atom. The summed E-state index contributed by atoms with van der Waals surface area (Å²) in [4.78, 5) is 21.9. The van der Waals surface area contributed by atoms with Crippen molar-refractivity contribution in [3.05, 3.63) is 70.7 Å². The number of nitrogens with two attached hydrogens (primary N) is 1. The number of nitrogen functional groups attached to an aromatic ring is 1. The van der Waals surface area contributed by atoms with Crippen molar-refractivity contribution < 1.29 is 9.90 Å². The number of nitrogens with one attached hydrogen (secondary N) is 1. The quantitative estimate of drug-likeness (QED) is 0.308. The molecule has 0 fully saturated rings. The molecule has 150 valence electrons. The lowest BCUT2D eigenvalue weighted by atomic mass is 10.2. The number of rotatable bonds is 5. The monoisotopic (exact) mass is 464 g/mol. The number of aromatic hydroxyl groups is 1. The number of carbonyl (C=O) groups is 1. The van der Waals surface area contributed by atoms with E-state index in [1.165, 1.54) is 10.9 Å². The predicted octanol–water partition coefficient (Wildman–Crippen LogP) is 3.43. The van der Waals surface area contributed by atoms with E-state index in [1.54, 1.807) is 24.3 Å². The van der Waals surface area contributed by atoms with Gasteiger partial charge in [-0.25, -0.2) is 9.97 Å². The minimum absolute atomic E-state index is 0.0532. The molecule has 0 spiro atoms. The van der Waals surface area contributed by atoms with Gasteiger partial charge in [0.2, 0.25) is 0 Å². The largest absolute Gasteiger partial charge is 0.507 e. The summed E-state index contributed by atoms with van der Waals surface area (Å²) in [6.07, 6.45) is 3.01. The van der Waals surface area contributed by atoms with Crippen LogP contribution < -0.4 is 11.1 Å². The second kappa shape index (κ2) is 7.96. The van der Waals surface area contributed by atoms with Gasteiger partial charge in [-0.05, 0) is 30.3 Å². The van der Waals surface area contributed by atoms with Crippen LogP contribution in [0.15, 0.2) is 64.7 Å². The minimum atomic E-state index is -0.402. The fourth-order valence-corrected chi connectivity index (χ4v) is 3.37. The van der Waals surface area contributed by atoms with Crippen molar-refractivity contribution >= 4 is 56.1 Å². The van der Waals surface area contributed by atoms with Gasteiger partial charge in [-0.2, -0.15) is 9.78 Å². The molecule has 4 N–H and O–H groups in total. The summed E-state index contributed by atoms with van der Waals surface area (Å²) < 4.78 is 2.13. The van der Waals surface area contributed by atoms with Crippen LogP contribution in [0, 0.1) is 0 Å². The molecule has 0 saturated heterocycles. The average molecular weight is 465 g/mol. The van der Waals surface area contributed by atoms with E-state index in [-0.39, 0.29) is 23.7 Å². The number of benzene rings is 2. The van der Waals surface area contributed by atoms with Gasteiger partial charge >= 0.3 is 0 Å². The molecule has 0 atom stereocenters. The molecule has 0 bridgehead atoms. The highest BCUT2D eigenvalue weighted by Gasteiger charge is 2.23. The molecule has 1 amide bonds. The third-order valence-electron chi connectivity index (χ3n) is 4.41. The first kappa shape index (κ1) is 19.6. The second-order valence-electron chi connectivity index (χ2n) is 6.40. The van der Waals surface area contributed by atoms with Gasteiger partial charge in [0.25, 0.3) is 5.91 Å². The zero-order valence-corrected chi connectivity index (χ0v) is 17.3. The maximum atomic E-state index is 12.7. The van der Waals surface area contributed by atoms with E-state index < -0.39 is 5.91 Å². The third kappa shape index (κ3) is 3.50. The fraction of sp³-hybridized carbons (Fsp3) is 0.0476.